The van der Waals surface area contributed by atoms with Crippen LogP contribution in [0.5, 0.6) is 0 Å². The number of rotatable bonds is 4. The summed E-state index contributed by atoms with van der Waals surface area (Å²) >= 11 is 5.38. The molecule has 0 saturated carbocycles. The molecule has 1 fully saturated rings. The highest BCUT2D eigenvalue weighted by molar-refractivity contribution is 6.17. The number of carboxylic acid groups (broad SMARTS) is 1. The Kier molecular flexibility index (Phi) is 8.09. The van der Waals surface area contributed by atoms with Crippen LogP contribution in [0.15, 0.2) is 0 Å². The molecule has 1 atom stereocenters. The molecule has 0 aromatic carbocycles. The molecule has 2 N–H and O–H groups in total. The van der Waals surface area contributed by atoms with Gasteiger partial charge in [0.25, 0.3) is 0 Å². The number of carboxylic acids is 1. The third-order valence-corrected chi connectivity index (χ3v) is 2.30. The van der Waals surface area contributed by atoms with Crippen molar-refractivity contribution in [2.24, 2.45) is 0 Å². The lowest BCUT2D eigenvalue weighted by atomic mass is 10.2. The van der Waals surface area contributed by atoms with Crippen LogP contribution in [0.25, 0.3) is 0 Å². The molecule has 0 aliphatic carbocycles. The lowest BCUT2D eigenvalue weighted by Gasteiger charge is -1.99. The van der Waals surface area contributed by atoms with Crippen molar-refractivity contribution in [1.82, 2.24) is 5.32 Å². The van der Waals surface area contributed by atoms with Crippen molar-refractivity contribution in [3.63, 3.8) is 0 Å². The maximum atomic E-state index is 10.4. The molecule has 0 bridgehead atoms. The molecule has 1 saturated heterocycles. The summed E-state index contributed by atoms with van der Waals surface area (Å²) in [6.45, 7) is 2.17. The predicted molar refractivity (Wildman–Crippen MR) is 59.0 cm³/mol. The molecule has 0 aromatic heterocycles. The second-order valence-corrected chi connectivity index (χ2v) is 3.77. The molecule has 1 heterocycles. The third kappa shape index (κ3) is 7.19. The maximum Gasteiger partial charge on any atom is 0.326 e. The molecule has 88 valence electrons. The van der Waals surface area contributed by atoms with Crippen LogP contribution in [-0.2, 0) is 9.59 Å². The summed E-state index contributed by atoms with van der Waals surface area (Å²) in [6.07, 6.45) is 4.50. The molecule has 1 unspecified atom stereocenters. The van der Waals surface area contributed by atoms with Gasteiger partial charge in [-0.1, -0.05) is 19.8 Å². The number of amides is 1. The largest absolute Gasteiger partial charge is 0.480 e. The molecule has 1 aliphatic heterocycles. The minimum absolute atomic E-state index is 0.164. The molecule has 5 heteroatoms. The van der Waals surface area contributed by atoms with E-state index in [-0.39, 0.29) is 5.91 Å². The van der Waals surface area contributed by atoms with E-state index in [1.54, 1.807) is 0 Å². The van der Waals surface area contributed by atoms with Gasteiger partial charge in [-0.05, 0) is 12.8 Å². The molecular weight excluding hydrogens is 218 g/mol. The summed E-state index contributed by atoms with van der Waals surface area (Å²) in [5.41, 5.74) is 0. The third-order valence-electron chi connectivity index (χ3n) is 2.03. The van der Waals surface area contributed by atoms with E-state index < -0.39 is 12.0 Å². The number of nitrogens with one attached hydrogen (secondary N) is 1. The van der Waals surface area contributed by atoms with Crippen LogP contribution >= 0.6 is 11.6 Å². The van der Waals surface area contributed by atoms with Gasteiger partial charge in [0.15, 0.2) is 0 Å². The zero-order chi connectivity index (χ0) is 11.7. The zero-order valence-electron chi connectivity index (χ0n) is 8.96. The highest BCUT2D eigenvalue weighted by Gasteiger charge is 2.26. The van der Waals surface area contributed by atoms with Gasteiger partial charge in [0.05, 0.1) is 0 Å². The van der Waals surface area contributed by atoms with E-state index in [1.165, 1.54) is 19.3 Å². The summed E-state index contributed by atoms with van der Waals surface area (Å²) < 4.78 is 0. The van der Waals surface area contributed by atoms with Gasteiger partial charge in [-0.3, -0.25) is 4.79 Å². The molecular formula is C10H18ClNO3. The first-order chi connectivity index (χ1) is 7.11. The van der Waals surface area contributed by atoms with Gasteiger partial charge in [0.2, 0.25) is 5.91 Å². The fourth-order valence-electron chi connectivity index (χ4n) is 1.14. The van der Waals surface area contributed by atoms with E-state index in [1.807, 2.05) is 0 Å². The molecule has 0 spiro atoms. The van der Waals surface area contributed by atoms with Gasteiger partial charge in [-0.25, -0.2) is 4.79 Å². The fourth-order valence-corrected chi connectivity index (χ4v) is 1.33. The molecule has 1 rings (SSSR count). The summed E-state index contributed by atoms with van der Waals surface area (Å²) in [7, 11) is 0. The summed E-state index contributed by atoms with van der Waals surface area (Å²) in [5.74, 6) is -0.281. The van der Waals surface area contributed by atoms with Crippen molar-refractivity contribution in [3.05, 3.63) is 0 Å². The lowest BCUT2D eigenvalue weighted by Crippen LogP contribution is -2.32. The first-order valence-electron chi connectivity index (χ1n) is 5.20. The van der Waals surface area contributed by atoms with Gasteiger partial charge in [0.1, 0.15) is 6.04 Å². The first-order valence-corrected chi connectivity index (χ1v) is 5.73. The first kappa shape index (κ1) is 14.2. The van der Waals surface area contributed by atoms with E-state index in [0.717, 1.165) is 5.88 Å². The van der Waals surface area contributed by atoms with Gasteiger partial charge >= 0.3 is 5.97 Å². The molecule has 15 heavy (non-hydrogen) atoms. The average Bonchev–Trinajstić information content (AvgIpc) is 2.63. The Morgan fingerprint density at radius 2 is 2.27 bits per heavy atom. The molecule has 0 aromatic rings. The number of hydrogen-bond donors (Lipinski definition) is 2. The van der Waals surface area contributed by atoms with Crippen molar-refractivity contribution in [2.75, 3.05) is 5.88 Å². The minimum Gasteiger partial charge on any atom is -0.480 e. The monoisotopic (exact) mass is 235 g/mol. The number of carbonyl (C=O) groups excluding carboxylic acids is 1. The van der Waals surface area contributed by atoms with Crippen LogP contribution in [0.1, 0.15) is 39.0 Å². The van der Waals surface area contributed by atoms with Gasteiger partial charge in [0, 0.05) is 12.3 Å². The standard InChI is InChI=1S/C5H11Cl.C5H7NO3/c1-2-3-4-5-6;7-4-2-1-3(6-4)5(8)9/h2-5H2,1H3;3H,1-2H2,(H,6,7)(H,8,9). The summed E-state index contributed by atoms with van der Waals surface area (Å²) in [6, 6.07) is -0.641. The van der Waals surface area contributed by atoms with Gasteiger partial charge in [-0.15, -0.1) is 11.6 Å². The number of halogens is 1. The Balaban J connectivity index is 0.000000288. The van der Waals surface area contributed by atoms with Gasteiger partial charge < -0.3 is 10.4 Å². The smallest absolute Gasteiger partial charge is 0.326 e. The Hall–Kier alpha value is -0.770. The van der Waals surface area contributed by atoms with Crippen LogP contribution < -0.4 is 5.32 Å². The Labute approximate surface area is 95.0 Å². The fraction of sp³-hybridized carbons (Fsp3) is 0.800. The number of aliphatic carboxylic acids is 1. The summed E-state index contributed by atoms with van der Waals surface area (Å²) in [5, 5.41) is 10.6. The van der Waals surface area contributed by atoms with Crippen LogP contribution in [0, 0.1) is 0 Å². The van der Waals surface area contributed by atoms with Crippen molar-refractivity contribution in [2.45, 2.75) is 45.1 Å². The molecule has 1 amide bonds. The highest BCUT2D eigenvalue weighted by atomic mass is 35.5. The maximum absolute atomic E-state index is 10.4. The number of alkyl halides is 1. The number of carbonyl (C=O) groups is 2. The quantitative estimate of drug-likeness (QED) is 0.577. The Morgan fingerprint density at radius 1 is 1.60 bits per heavy atom. The second kappa shape index (κ2) is 8.53. The van der Waals surface area contributed by atoms with Crippen LogP contribution in [-0.4, -0.2) is 28.9 Å². The summed E-state index contributed by atoms with van der Waals surface area (Å²) in [4.78, 5) is 20.5. The molecule has 4 nitrogen and oxygen atoms in total. The van der Waals surface area contributed by atoms with Crippen LogP contribution in [0.3, 0.4) is 0 Å². The van der Waals surface area contributed by atoms with Gasteiger partial charge in [-0.2, -0.15) is 0 Å². The normalized spacial score (nSPS) is 19.1. The van der Waals surface area contributed by atoms with E-state index >= 15 is 0 Å². The molecule has 1 aliphatic rings. The van der Waals surface area contributed by atoms with Crippen molar-refractivity contribution in [3.8, 4) is 0 Å². The van der Waals surface area contributed by atoms with E-state index in [4.69, 9.17) is 16.7 Å². The second-order valence-electron chi connectivity index (χ2n) is 3.39. The van der Waals surface area contributed by atoms with Crippen molar-refractivity contribution >= 4 is 23.5 Å². The highest BCUT2D eigenvalue weighted by Crippen LogP contribution is 2.05. The average molecular weight is 236 g/mol. The van der Waals surface area contributed by atoms with Crippen molar-refractivity contribution in [1.29, 1.82) is 0 Å². The SMILES string of the molecule is CCCCCCl.O=C1CCC(C(=O)O)N1. The topological polar surface area (TPSA) is 66.4 Å². The lowest BCUT2D eigenvalue weighted by molar-refractivity contribution is -0.140. The van der Waals surface area contributed by atoms with E-state index in [9.17, 15) is 9.59 Å². The predicted octanol–water partition coefficient (Wildman–Crippen LogP) is 1.76. The zero-order valence-corrected chi connectivity index (χ0v) is 9.72. The Morgan fingerprint density at radius 3 is 2.47 bits per heavy atom. The van der Waals surface area contributed by atoms with E-state index in [2.05, 4.69) is 12.2 Å². The van der Waals surface area contributed by atoms with E-state index in [0.29, 0.717) is 12.8 Å². The number of unbranched alkanes of at least 4 members (excludes halogenated alkanes) is 2. The number of hydrogen-bond acceptors (Lipinski definition) is 2. The Bertz CT molecular complexity index is 205. The molecule has 0 radical (unpaired) electrons. The van der Waals surface area contributed by atoms with Crippen molar-refractivity contribution < 1.29 is 14.7 Å². The van der Waals surface area contributed by atoms with Crippen LogP contribution in [0.4, 0.5) is 0 Å². The minimum atomic E-state index is -0.944. The van der Waals surface area contributed by atoms with Crippen LogP contribution in [0.2, 0.25) is 0 Å².